The Bertz CT molecular complexity index is 1840. The zero-order chi connectivity index (χ0) is 32.4. The number of anilines is 1. The predicted octanol–water partition coefficient (Wildman–Crippen LogP) is 4.01. The second-order valence-corrected chi connectivity index (χ2v) is 16.5. The highest BCUT2D eigenvalue weighted by Gasteiger charge is 2.34. The molecule has 1 aliphatic rings. The second kappa shape index (κ2) is 12.7. The molecular formula is C28H35N5O8S3. The number of nitrogens with zero attached hydrogens (tertiary/aromatic N) is 2. The molecule has 16 heteroatoms. The summed E-state index contributed by atoms with van der Waals surface area (Å²) in [5.74, 6) is -1.11. The first-order chi connectivity index (χ1) is 20.4. The lowest BCUT2D eigenvalue weighted by atomic mass is 9.97. The number of thiophene rings is 1. The first-order valence-electron chi connectivity index (χ1n) is 13.7. The number of rotatable bonds is 11. The molecule has 1 aromatic carbocycles. The summed E-state index contributed by atoms with van der Waals surface area (Å²) in [6.07, 6.45) is 0.835. The second-order valence-electron chi connectivity index (χ2n) is 11.8. The third kappa shape index (κ3) is 8.04. The Morgan fingerprint density at radius 3 is 2.50 bits per heavy atom. The molecule has 0 fully saturated rings. The highest BCUT2D eigenvalue weighted by atomic mass is 32.2. The molecule has 0 saturated carbocycles. The number of aliphatic imine (C=N–C) groups is 1. The van der Waals surface area contributed by atoms with Crippen molar-refractivity contribution in [1.82, 2.24) is 14.9 Å². The fourth-order valence-corrected chi connectivity index (χ4v) is 6.29. The van der Waals surface area contributed by atoms with Crippen LogP contribution < -0.4 is 20.3 Å². The summed E-state index contributed by atoms with van der Waals surface area (Å²) in [5, 5.41) is 11.1. The number of aromatic nitrogens is 2. The Hall–Kier alpha value is -3.76. The van der Waals surface area contributed by atoms with E-state index in [0.29, 0.717) is 17.7 Å². The normalized spacial score (nSPS) is 15.1. The van der Waals surface area contributed by atoms with Gasteiger partial charge in [-0.3, -0.25) is 14.3 Å². The minimum absolute atomic E-state index is 0.0130. The van der Waals surface area contributed by atoms with Crippen molar-refractivity contribution in [2.45, 2.75) is 58.6 Å². The summed E-state index contributed by atoms with van der Waals surface area (Å²) in [4.78, 5) is 31.1. The number of sulfonamides is 1. The van der Waals surface area contributed by atoms with Crippen LogP contribution in [0.4, 0.5) is 11.4 Å². The number of esters is 1. The van der Waals surface area contributed by atoms with Gasteiger partial charge in [-0.25, -0.2) is 26.9 Å². The number of fused-ring (bicyclic) bond motifs is 1. The number of benzene rings is 1. The summed E-state index contributed by atoms with van der Waals surface area (Å²) in [6, 6.07) is 7.65. The molecule has 44 heavy (non-hydrogen) atoms. The number of aromatic amines is 1. The molecule has 3 aromatic rings. The average Bonchev–Trinajstić information content (AvgIpc) is 3.44. The fourth-order valence-electron chi connectivity index (χ4n) is 3.96. The molecule has 3 heterocycles. The van der Waals surface area contributed by atoms with Gasteiger partial charge in [0.15, 0.2) is 21.4 Å². The van der Waals surface area contributed by atoms with Crippen molar-refractivity contribution in [3.05, 3.63) is 51.6 Å². The number of ether oxygens (including phenoxy) is 2. The molecule has 0 aliphatic carbocycles. The van der Waals surface area contributed by atoms with Crippen molar-refractivity contribution < 1.29 is 31.1 Å². The molecule has 4 rings (SSSR count). The number of carbonyl (C=O) groups excluding carboxylic acids is 1. The van der Waals surface area contributed by atoms with Crippen LogP contribution in [-0.4, -0.2) is 57.3 Å². The molecule has 0 radical (unpaired) electrons. The van der Waals surface area contributed by atoms with Gasteiger partial charge in [-0.1, -0.05) is 19.9 Å². The van der Waals surface area contributed by atoms with Crippen molar-refractivity contribution in [2.24, 2.45) is 16.3 Å². The van der Waals surface area contributed by atoms with Gasteiger partial charge in [-0.2, -0.15) is 5.10 Å². The van der Waals surface area contributed by atoms with E-state index in [-0.39, 0.29) is 45.0 Å². The van der Waals surface area contributed by atoms with E-state index < -0.39 is 49.0 Å². The maximum atomic E-state index is 13.4. The van der Waals surface area contributed by atoms with Crippen molar-refractivity contribution in [3.63, 3.8) is 0 Å². The monoisotopic (exact) mass is 665 g/mol. The highest BCUT2D eigenvalue weighted by Crippen LogP contribution is 2.37. The summed E-state index contributed by atoms with van der Waals surface area (Å²) < 4.78 is 64.4. The molecule has 0 spiro atoms. The number of H-pyrrole nitrogens is 1. The predicted molar refractivity (Wildman–Crippen MR) is 168 cm³/mol. The lowest BCUT2D eigenvalue weighted by Crippen LogP contribution is -2.39. The third-order valence-corrected chi connectivity index (χ3v) is 9.17. The van der Waals surface area contributed by atoms with Crippen LogP contribution >= 0.6 is 11.3 Å². The van der Waals surface area contributed by atoms with Crippen LogP contribution in [0.5, 0.6) is 5.75 Å². The Morgan fingerprint density at radius 1 is 1.16 bits per heavy atom. The van der Waals surface area contributed by atoms with Gasteiger partial charge >= 0.3 is 5.97 Å². The third-order valence-electron chi connectivity index (χ3n) is 6.26. The Kier molecular flexibility index (Phi) is 9.56. The molecule has 3 N–H and O–H groups in total. The maximum absolute atomic E-state index is 13.4. The molecule has 0 saturated heterocycles. The van der Waals surface area contributed by atoms with Gasteiger partial charge in [0.25, 0.3) is 15.6 Å². The van der Waals surface area contributed by atoms with Crippen LogP contribution in [-0.2, 0) is 29.4 Å². The topological polar surface area (TPSA) is 186 Å². The SMILES string of the molecule is CC(C)CCC(OC(=O)C(C)(C)C)Oc1c(-c2cccs2)n[nH]c(=O)c1C1=Nc2ccc(NCS(C)(=O)=O)cc2S(=O)(=O)N1. The van der Waals surface area contributed by atoms with E-state index in [2.05, 4.69) is 25.2 Å². The molecule has 0 bridgehead atoms. The molecule has 238 valence electrons. The molecule has 1 unspecified atom stereocenters. The molecule has 0 amide bonds. The zero-order valence-electron chi connectivity index (χ0n) is 25.1. The van der Waals surface area contributed by atoms with Gasteiger partial charge in [0.05, 0.1) is 16.0 Å². The van der Waals surface area contributed by atoms with Gasteiger partial charge in [0.2, 0.25) is 6.29 Å². The highest BCUT2D eigenvalue weighted by molar-refractivity contribution is 7.90. The molecule has 1 aliphatic heterocycles. The number of nitrogens with one attached hydrogen (secondary N) is 3. The minimum Gasteiger partial charge on any atom is -0.451 e. The van der Waals surface area contributed by atoms with Crippen molar-refractivity contribution in [1.29, 1.82) is 0 Å². The standard InChI is InChI=1S/C28H35N5O8S3/c1-16(2)9-12-21(41-27(35)28(3,4)5)40-24-22(26(34)32-31-23(24)19-8-7-13-42-19)25-30-18-11-10-17(29-15-43(6,36)37)14-20(18)44(38,39)33-25/h7-8,10-11,13-14,16,21,29H,9,12,15H2,1-6H3,(H,30,33)(H,32,34). The lowest BCUT2D eigenvalue weighted by molar-refractivity contribution is -0.174. The largest absolute Gasteiger partial charge is 0.451 e. The van der Waals surface area contributed by atoms with Crippen LogP contribution in [0.3, 0.4) is 0 Å². The van der Waals surface area contributed by atoms with Gasteiger partial charge in [-0.15, -0.1) is 11.3 Å². The number of carbonyl (C=O) groups is 1. The average molecular weight is 666 g/mol. The first kappa shape index (κ1) is 33.1. The van der Waals surface area contributed by atoms with Crippen LogP contribution in [0.1, 0.15) is 53.0 Å². The summed E-state index contributed by atoms with van der Waals surface area (Å²) >= 11 is 1.31. The van der Waals surface area contributed by atoms with E-state index in [1.54, 1.807) is 38.3 Å². The molecule has 2 aromatic heterocycles. The van der Waals surface area contributed by atoms with Crippen LogP contribution in [0.25, 0.3) is 10.6 Å². The fraction of sp³-hybridized carbons (Fsp3) is 0.429. The van der Waals surface area contributed by atoms with E-state index in [1.165, 1.54) is 29.5 Å². The summed E-state index contributed by atoms with van der Waals surface area (Å²) in [6.45, 7) is 9.13. The number of sulfone groups is 1. The first-order valence-corrected chi connectivity index (χ1v) is 18.1. The zero-order valence-corrected chi connectivity index (χ0v) is 27.6. The minimum atomic E-state index is -4.29. The van der Waals surface area contributed by atoms with E-state index in [9.17, 15) is 26.4 Å². The van der Waals surface area contributed by atoms with E-state index >= 15 is 0 Å². The molecule has 13 nitrogen and oxygen atoms in total. The van der Waals surface area contributed by atoms with E-state index in [4.69, 9.17) is 9.47 Å². The smallest absolute Gasteiger partial charge is 0.314 e. The lowest BCUT2D eigenvalue weighted by Gasteiger charge is -2.26. The number of hydrogen-bond acceptors (Lipinski definition) is 12. The summed E-state index contributed by atoms with van der Waals surface area (Å²) in [5.41, 5.74) is -1.42. The van der Waals surface area contributed by atoms with E-state index in [1.807, 2.05) is 13.8 Å². The number of amidine groups is 1. The Labute approximate surface area is 260 Å². The van der Waals surface area contributed by atoms with Gasteiger partial charge < -0.3 is 14.8 Å². The van der Waals surface area contributed by atoms with Gasteiger partial charge in [0, 0.05) is 18.4 Å². The Balaban J connectivity index is 1.85. The van der Waals surface area contributed by atoms with Crippen molar-refractivity contribution >= 4 is 54.4 Å². The van der Waals surface area contributed by atoms with Crippen LogP contribution in [0.15, 0.2) is 50.4 Å². The maximum Gasteiger partial charge on any atom is 0.314 e. The van der Waals surface area contributed by atoms with Gasteiger partial charge in [0.1, 0.15) is 22.0 Å². The summed E-state index contributed by atoms with van der Waals surface area (Å²) in [7, 11) is -7.66. The van der Waals surface area contributed by atoms with Gasteiger partial charge in [-0.05, 0) is 62.8 Å². The van der Waals surface area contributed by atoms with E-state index in [0.717, 1.165) is 6.26 Å². The molecule has 1 atom stereocenters. The quantitative estimate of drug-likeness (QED) is 0.200. The van der Waals surface area contributed by atoms with Crippen LogP contribution in [0, 0.1) is 11.3 Å². The van der Waals surface area contributed by atoms with Crippen molar-refractivity contribution in [3.8, 4) is 16.3 Å². The Morgan fingerprint density at radius 2 is 1.89 bits per heavy atom. The van der Waals surface area contributed by atoms with Crippen LogP contribution in [0.2, 0.25) is 0 Å². The number of hydrogen-bond donors (Lipinski definition) is 3. The molecular weight excluding hydrogens is 631 g/mol. The van der Waals surface area contributed by atoms with Crippen molar-refractivity contribution in [2.75, 3.05) is 17.4 Å².